The number of hydrazone groups is 1. The molecule has 0 amide bonds. The summed E-state index contributed by atoms with van der Waals surface area (Å²) < 4.78 is 10.2. The molecule has 0 unspecified atom stereocenters. The summed E-state index contributed by atoms with van der Waals surface area (Å²) in [6.45, 7) is 1.82. The Morgan fingerprint density at radius 2 is 2.18 bits per heavy atom. The van der Waals surface area contributed by atoms with Gasteiger partial charge in [-0.3, -0.25) is 0 Å². The molecule has 0 aliphatic carbocycles. The first-order valence-electron chi connectivity index (χ1n) is 6.50. The quantitative estimate of drug-likeness (QED) is 0.417. The Kier molecular flexibility index (Phi) is 5.08. The lowest BCUT2D eigenvalue weighted by Gasteiger charge is -2.11. The Bertz CT molecular complexity index is 643. The maximum atomic E-state index is 11.8. The molecule has 1 aliphatic rings. The molecule has 0 fully saturated rings. The van der Waals surface area contributed by atoms with Crippen molar-refractivity contribution in [2.75, 3.05) is 6.61 Å². The summed E-state index contributed by atoms with van der Waals surface area (Å²) in [5.74, 6) is -0.793. The van der Waals surface area contributed by atoms with Crippen molar-refractivity contribution in [3.05, 3.63) is 47.4 Å². The molecular weight excluding hydrogens is 306 g/mol. The molecule has 8 heteroatoms. The molecule has 4 N–H and O–H groups in total. The van der Waals surface area contributed by atoms with Crippen molar-refractivity contribution in [2.45, 2.75) is 13.0 Å². The molecule has 0 aromatic heterocycles. The van der Waals surface area contributed by atoms with Gasteiger partial charge in [-0.2, -0.15) is 0 Å². The number of esters is 1. The van der Waals surface area contributed by atoms with Gasteiger partial charge in [-0.25, -0.2) is 10.2 Å². The lowest BCUT2D eigenvalue weighted by molar-refractivity contribution is -0.138. The second-order valence-electron chi connectivity index (χ2n) is 4.27. The van der Waals surface area contributed by atoms with Gasteiger partial charge in [0.15, 0.2) is 11.7 Å². The van der Waals surface area contributed by atoms with Crippen molar-refractivity contribution in [1.82, 2.24) is 5.43 Å². The van der Waals surface area contributed by atoms with E-state index in [-0.39, 0.29) is 28.9 Å². The molecule has 1 aromatic rings. The van der Waals surface area contributed by atoms with Gasteiger partial charge in [-0.1, -0.05) is 42.5 Å². The summed E-state index contributed by atoms with van der Waals surface area (Å²) in [4.78, 5) is 11.6. The van der Waals surface area contributed by atoms with Gasteiger partial charge in [0.05, 0.1) is 6.61 Å². The Morgan fingerprint density at radius 1 is 1.50 bits per heavy atom. The molecule has 1 heterocycles. The normalized spacial score (nSPS) is 16.9. The number of thiocarbonyl (C=S) groups is 1. The average molecular weight is 321 g/mol. The van der Waals surface area contributed by atoms with Gasteiger partial charge in [0.2, 0.25) is 11.8 Å². The third kappa shape index (κ3) is 3.41. The van der Waals surface area contributed by atoms with Crippen LogP contribution >= 0.6 is 12.2 Å². The minimum Gasteiger partial charge on any atom is -0.462 e. The third-order valence-electron chi connectivity index (χ3n) is 2.78. The first-order chi connectivity index (χ1) is 10.5. The Balaban J connectivity index is 2.20. The van der Waals surface area contributed by atoms with Crippen LogP contribution < -0.4 is 11.2 Å². The fourth-order valence-corrected chi connectivity index (χ4v) is 1.94. The maximum Gasteiger partial charge on any atom is 0.346 e. The SMILES string of the molecule is CCOC(=O)/C(C(N)=S)=C1\NN=C([C@@H](O)c2ccccc2)O1. The second kappa shape index (κ2) is 7.01. The number of nitrogens with one attached hydrogen (secondary N) is 1. The van der Waals surface area contributed by atoms with Crippen LogP contribution in [-0.4, -0.2) is 28.6 Å². The highest BCUT2D eigenvalue weighted by atomic mass is 32.1. The molecular formula is C14H15N3O4S. The molecule has 1 atom stereocenters. The fraction of sp³-hybridized carbons (Fsp3) is 0.214. The fourth-order valence-electron chi connectivity index (χ4n) is 1.77. The van der Waals surface area contributed by atoms with E-state index in [9.17, 15) is 9.90 Å². The minimum atomic E-state index is -1.08. The minimum absolute atomic E-state index is 0.0146. The molecule has 1 aromatic carbocycles. The number of hydrogen-bond donors (Lipinski definition) is 3. The summed E-state index contributed by atoms with van der Waals surface area (Å²) in [6.07, 6.45) is -1.08. The van der Waals surface area contributed by atoms with Crippen LogP contribution in [0.25, 0.3) is 0 Å². The van der Waals surface area contributed by atoms with Crippen molar-refractivity contribution in [3.63, 3.8) is 0 Å². The third-order valence-corrected chi connectivity index (χ3v) is 2.98. The van der Waals surface area contributed by atoms with Crippen LogP contribution in [-0.2, 0) is 14.3 Å². The van der Waals surface area contributed by atoms with Crippen LogP contribution in [0.4, 0.5) is 0 Å². The van der Waals surface area contributed by atoms with Crippen molar-refractivity contribution in [1.29, 1.82) is 0 Å². The summed E-state index contributed by atoms with van der Waals surface area (Å²) in [6, 6.07) is 8.81. The standard InChI is InChI=1S/C14H15N3O4S/c1-2-20-14(19)9(11(15)22)12-16-17-13(21-12)10(18)8-6-4-3-5-7-8/h3-7,10,16,18H,2H2,1H3,(H2,15,22)/b12-9+/t10-/m0/s1. The van der Waals surface area contributed by atoms with Gasteiger partial charge in [0.1, 0.15) is 4.99 Å². The number of benzene rings is 1. The van der Waals surface area contributed by atoms with Crippen molar-refractivity contribution < 1.29 is 19.4 Å². The van der Waals surface area contributed by atoms with E-state index in [0.29, 0.717) is 5.56 Å². The Morgan fingerprint density at radius 3 is 2.77 bits per heavy atom. The first-order valence-corrected chi connectivity index (χ1v) is 6.91. The molecule has 0 bridgehead atoms. The summed E-state index contributed by atoms with van der Waals surface area (Å²) in [7, 11) is 0. The zero-order valence-electron chi connectivity index (χ0n) is 11.8. The van der Waals surface area contributed by atoms with E-state index in [0.717, 1.165) is 0 Å². The predicted molar refractivity (Wildman–Crippen MR) is 83.5 cm³/mol. The zero-order chi connectivity index (χ0) is 16.1. The number of aliphatic hydroxyl groups excluding tert-OH is 1. The van der Waals surface area contributed by atoms with Crippen LogP contribution in [0, 0.1) is 0 Å². The Labute approximate surface area is 132 Å². The molecule has 0 saturated heterocycles. The Hall–Kier alpha value is -2.45. The van der Waals surface area contributed by atoms with Crippen molar-refractivity contribution in [2.24, 2.45) is 10.8 Å². The zero-order valence-corrected chi connectivity index (χ0v) is 12.6. The van der Waals surface area contributed by atoms with Gasteiger partial charge < -0.3 is 20.3 Å². The number of carbonyl (C=O) groups is 1. The maximum absolute atomic E-state index is 11.8. The number of ether oxygens (including phenoxy) is 2. The first kappa shape index (κ1) is 15.9. The highest BCUT2D eigenvalue weighted by molar-refractivity contribution is 7.80. The number of carbonyl (C=O) groups excluding carboxylic acids is 1. The van der Waals surface area contributed by atoms with E-state index >= 15 is 0 Å². The molecule has 1 aliphatic heterocycles. The molecule has 0 spiro atoms. The average Bonchev–Trinajstić information content (AvgIpc) is 2.97. The highest BCUT2D eigenvalue weighted by Gasteiger charge is 2.29. The van der Waals surface area contributed by atoms with Gasteiger partial charge >= 0.3 is 5.97 Å². The highest BCUT2D eigenvalue weighted by Crippen LogP contribution is 2.21. The number of nitrogens with two attached hydrogens (primary N) is 1. The topological polar surface area (TPSA) is 106 Å². The van der Waals surface area contributed by atoms with Gasteiger partial charge in [0.25, 0.3) is 0 Å². The van der Waals surface area contributed by atoms with Crippen LogP contribution in [0.5, 0.6) is 0 Å². The van der Waals surface area contributed by atoms with Gasteiger partial charge in [0, 0.05) is 0 Å². The molecule has 7 nitrogen and oxygen atoms in total. The van der Waals surface area contributed by atoms with Gasteiger partial charge in [-0.15, -0.1) is 5.10 Å². The van der Waals surface area contributed by atoms with E-state index in [1.807, 2.05) is 6.07 Å². The lowest BCUT2D eigenvalue weighted by Crippen LogP contribution is -2.26. The van der Waals surface area contributed by atoms with Crippen LogP contribution in [0.2, 0.25) is 0 Å². The number of nitrogens with zero attached hydrogens (tertiary/aromatic N) is 1. The van der Waals surface area contributed by atoms with E-state index in [2.05, 4.69) is 10.5 Å². The van der Waals surface area contributed by atoms with Gasteiger partial charge in [-0.05, 0) is 12.5 Å². The predicted octanol–water partition coefficient (Wildman–Crippen LogP) is 0.714. The molecule has 22 heavy (non-hydrogen) atoms. The largest absolute Gasteiger partial charge is 0.462 e. The van der Waals surface area contributed by atoms with E-state index < -0.39 is 12.1 Å². The second-order valence-corrected chi connectivity index (χ2v) is 4.71. The molecule has 0 radical (unpaired) electrons. The van der Waals surface area contributed by atoms with Crippen molar-refractivity contribution in [3.8, 4) is 0 Å². The van der Waals surface area contributed by atoms with Crippen LogP contribution in [0.3, 0.4) is 0 Å². The number of hydrogen-bond acceptors (Lipinski definition) is 7. The van der Waals surface area contributed by atoms with E-state index in [4.69, 9.17) is 27.4 Å². The van der Waals surface area contributed by atoms with E-state index in [1.54, 1.807) is 31.2 Å². The molecule has 0 saturated carbocycles. The summed E-state index contributed by atoms with van der Waals surface area (Å²) in [5, 5.41) is 14.1. The monoisotopic (exact) mass is 321 g/mol. The van der Waals surface area contributed by atoms with Crippen LogP contribution in [0.1, 0.15) is 18.6 Å². The summed E-state index contributed by atoms with van der Waals surface area (Å²) in [5.41, 5.74) is 8.48. The lowest BCUT2D eigenvalue weighted by atomic mass is 10.1. The van der Waals surface area contributed by atoms with Crippen LogP contribution in [0.15, 0.2) is 46.9 Å². The summed E-state index contributed by atoms with van der Waals surface area (Å²) >= 11 is 4.83. The van der Waals surface area contributed by atoms with E-state index in [1.165, 1.54) is 0 Å². The number of rotatable bonds is 5. The molecule has 2 rings (SSSR count). The smallest absolute Gasteiger partial charge is 0.346 e. The molecule has 116 valence electrons. The number of aliphatic hydroxyl groups is 1. The van der Waals surface area contributed by atoms with Crippen molar-refractivity contribution >= 4 is 29.1 Å².